The number of aliphatic hydroxyl groups is 1. The van der Waals surface area contributed by atoms with E-state index in [9.17, 15) is 5.11 Å². The van der Waals surface area contributed by atoms with Gasteiger partial charge in [0.1, 0.15) is 0 Å². The maximum absolute atomic E-state index is 9.42. The molecule has 1 aliphatic rings. The van der Waals surface area contributed by atoms with E-state index in [0.717, 1.165) is 6.42 Å². The normalized spacial score (nSPS) is 30.9. The third-order valence-corrected chi connectivity index (χ3v) is 1.47. The topological polar surface area (TPSA) is 20.2 Å². The summed E-state index contributed by atoms with van der Waals surface area (Å²) in [4.78, 5) is 0. The third kappa shape index (κ3) is 3.02. The van der Waals surface area contributed by atoms with Crippen LogP contribution in [0.4, 0.5) is 0 Å². The Morgan fingerprint density at radius 3 is 2.50 bits per heavy atom. The average Bonchev–Trinajstić information content (AvgIpc) is 1.60. The Labute approximate surface area is 84.1 Å². The van der Waals surface area contributed by atoms with Gasteiger partial charge in [-0.15, -0.1) is 0 Å². The zero-order chi connectivity index (χ0) is 6.91. The van der Waals surface area contributed by atoms with Crippen LogP contribution in [0.3, 0.4) is 0 Å². The predicted molar refractivity (Wildman–Crippen MR) is 43.9 cm³/mol. The summed E-state index contributed by atoms with van der Waals surface area (Å²) in [6.45, 7) is 3.85. The summed E-state index contributed by atoms with van der Waals surface area (Å²) >= 11 is 0. The molecule has 0 aromatic heterocycles. The van der Waals surface area contributed by atoms with Crippen LogP contribution in [0.2, 0.25) is 0 Å². The molecule has 1 aliphatic carbocycles. The Morgan fingerprint density at radius 1 is 1.60 bits per heavy atom. The Balaban J connectivity index is 0.000000810. The second kappa shape index (κ2) is 3.72. The van der Waals surface area contributed by atoms with Gasteiger partial charge < -0.3 is 5.11 Å². The van der Waals surface area contributed by atoms with Gasteiger partial charge in [-0.3, -0.25) is 0 Å². The van der Waals surface area contributed by atoms with Crippen LogP contribution in [-0.4, -0.2) is 40.3 Å². The van der Waals surface area contributed by atoms with Gasteiger partial charge in [0.05, 0.1) is 5.60 Å². The van der Waals surface area contributed by atoms with E-state index in [1.54, 1.807) is 0 Å². The molecule has 0 aliphatic heterocycles. The molecule has 0 fully saturated rings. The van der Waals surface area contributed by atoms with Gasteiger partial charge in [0.15, 0.2) is 0 Å². The molecular weight excluding hydrogens is 135 g/mol. The zero-order valence-electron chi connectivity index (χ0n) is 6.89. The first-order valence-electron chi connectivity index (χ1n) is 3.17. The monoisotopic (exact) mass is 147 g/mol. The van der Waals surface area contributed by atoms with Gasteiger partial charge >= 0.3 is 0 Å². The molecule has 51 valence electrons. The van der Waals surface area contributed by atoms with Gasteiger partial charge in [-0.25, -0.2) is 0 Å². The fourth-order valence-corrected chi connectivity index (χ4v) is 1.10. The molecule has 10 heavy (non-hydrogen) atoms. The van der Waals surface area contributed by atoms with Crippen molar-refractivity contribution >= 4 is 29.6 Å². The molecule has 0 saturated heterocycles. The smallest absolute Gasteiger partial charge is 0.0839 e. The minimum Gasteiger partial charge on any atom is -0.386 e. The van der Waals surface area contributed by atoms with Crippen molar-refractivity contribution in [2.24, 2.45) is 0 Å². The molecule has 1 unspecified atom stereocenters. The third-order valence-electron chi connectivity index (χ3n) is 1.47. The standard InChI is InChI=1S/C8H12O.Na/c1-7-4-3-5-8(2,9)6-7;/h3-5,9H,6H2,1-2H3;. The van der Waals surface area contributed by atoms with Crippen molar-refractivity contribution in [2.45, 2.75) is 25.9 Å². The largest absolute Gasteiger partial charge is 0.386 e. The summed E-state index contributed by atoms with van der Waals surface area (Å²) in [5, 5.41) is 9.42. The van der Waals surface area contributed by atoms with E-state index in [1.165, 1.54) is 5.57 Å². The quantitative estimate of drug-likeness (QED) is 0.511. The van der Waals surface area contributed by atoms with Gasteiger partial charge in [-0.2, -0.15) is 0 Å². The summed E-state index contributed by atoms with van der Waals surface area (Å²) < 4.78 is 0. The molecule has 1 nitrogen and oxygen atoms in total. The minimum absolute atomic E-state index is 0. The number of hydrogen-bond acceptors (Lipinski definition) is 1. The average molecular weight is 147 g/mol. The molecule has 0 amide bonds. The van der Waals surface area contributed by atoms with E-state index in [1.807, 2.05) is 32.1 Å². The van der Waals surface area contributed by atoms with Crippen LogP contribution >= 0.6 is 0 Å². The van der Waals surface area contributed by atoms with Crippen LogP contribution in [0.15, 0.2) is 23.8 Å². The Kier molecular flexibility index (Phi) is 3.89. The summed E-state index contributed by atoms with van der Waals surface area (Å²) in [6, 6.07) is 0. The molecule has 1 atom stereocenters. The van der Waals surface area contributed by atoms with Crippen molar-refractivity contribution < 1.29 is 5.11 Å². The molecule has 1 rings (SSSR count). The van der Waals surface area contributed by atoms with Crippen molar-refractivity contribution in [3.05, 3.63) is 23.8 Å². The fourth-order valence-electron chi connectivity index (χ4n) is 1.10. The molecule has 0 heterocycles. The molecule has 0 aromatic rings. The van der Waals surface area contributed by atoms with E-state index < -0.39 is 5.60 Å². The van der Waals surface area contributed by atoms with Gasteiger partial charge in [0.25, 0.3) is 0 Å². The first kappa shape index (κ1) is 10.4. The SMILES string of the molecule is CC1=CC=CC(C)(O)C1.[Na]. The van der Waals surface area contributed by atoms with Crippen LogP contribution in [0.5, 0.6) is 0 Å². The zero-order valence-corrected chi connectivity index (χ0v) is 8.89. The van der Waals surface area contributed by atoms with E-state index in [2.05, 4.69) is 0 Å². The second-order valence-corrected chi connectivity index (χ2v) is 2.91. The summed E-state index contributed by atoms with van der Waals surface area (Å²) in [6.07, 6.45) is 6.51. The van der Waals surface area contributed by atoms with Crippen molar-refractivity contribution in [2.75, 3.05) is 0 Å². The summed E-state index contributed by atoms with van der Waals surface area (Å²) in [5.41, 5.74) is 0.640. The van der Waals surface area contributed by atoms with E-state index in [4.69, 9.17) is 0 Å². The van der Waals surface area contributed by atoms with Gasteiger partial charge in [0.2, 0.25) is 0 Å². The first-order valence-corrected chi connectivity index (χ1v) is 3.17. The van der Waals surface area contributed by atoms with Crippen LogP contribution in [0.1, 0.15) is 20.3 Å². The van der Waals surface area contributed by atoms with Gasteiger partial charge in [0, 0.05) is 36.0 Å². The van der Waals surface area contributed by atoms with Crippen molar-refractivity contribution in [1.82, 2.24) is 0 Å². The Bertz CT molecular complexity index is 168. The van der Waals surface area contributed by atoms with Crippen molar-refractivity contribution in [3.63, 3.8) is 0 Å². The Hall–Kier alpha value is 0.440. The summed E-state index contributed by atoms with van der Waals surface area (Å²) in [5.74, 6) is 0. The van der Waals surface area contributed by atoms with Crippen molar-refractivity contribution in [1.29, 1.82) is 0 Å². The molecule has 0 bridgehead atoms. The molecular formula is C8H12NaO. The van der Waals surface area contributed by atoms with Crippen LogP contribution in [-0.2, 0) is 0 Å². The molecule has 0 aromatic carbocycles. The maximum atomic E-state index is 9.42. The van der Waals surface area contributed by atoms with Gasteiger partial charge in [-0.05, 0) is 13.8 Å². The second-order valence-electron chi connectivity index (χ2n) is 2.91. The van der Waals surface area contributed by atoms with Crippen molar-refractivity contribution in [3.8, 4) is 0 Å². The minimum atomic E-state index is -0.598. The van der Waals surface area contributed by atoms with E-state index >= 15 is 0 Å². The van der Waals surface area contributed by atoms with Crippen LogP contribution < -0.4 is 0 Å². The number of rotatable bonds is 0. The molecule has 1 radical (unpaired) electrons. The molecule has 2 heteroatoms. The maximum Gasteiger partial charge on any atom is 0.0839 e. The van der Waals surface area contributed by atoms with E-state index in [0.29, 0.717) is 0 Å². The van der Waals surface area contributed by atoms with Gasteiger partial charge in [-0.1, -0.05) is 23.8 Å². The van der Waals surface area contributed by atoms with Crippen LogP contribution in [0, 0.1) is 0 Å². The molecule has 0 spiro atoms. The fraction of sp³-hybridized carbons (Fsp3) is 0.500. The number of hydrogen-bond donors (Lipinski definition) is 1. The summed E-state index contributed by atoms with van der Waals surface area (Å²) in [7, 11) is 0. The molecule has 0 saturated carbocycles. The molecule has 1 N–H and O–H groups in total. The number of allylic oxidation sites excluding steroid dienone is 2. The first-order chi connectivity index (χ1) is 4.10. The van der Waals surface area contributed by atoms with Crippen LogP contribution in [0.25, 0.3) is 0 Å². The predicted octanol–water partition coefficient (Wildman–Crippen LogP) is 1.26. The van der Waals surface area contributed by atoms with E-state index in [-0.39, 0.29) is 29.6 Å². The Morgan fingerprint density at radius 2 is 2.20 bits per heavy atom.